The molecule has 0 spiro atoms. The fraction of sp³-hybridized carbons (Fsp3) is 0.167. The molecular weight excluding hydrogens is 350 g/mol. The largest absolute Gasteiger partial charge is 0.454 e. The molecule has 1 N–H and O–H groups in total. The normalized spacial score (nSPS) is 12.8. The molecule has 0 fully saturated rings. The van der Waals surface area contributed by atoms with Crippen LogP contribution < -0.4 is 20.5 Å². The highest BCUT2D eigenvalue weighted by molar-refractivity contribution is 5.91. The lowest BCUT2D eigenvalue weighted by molar-refractivity contribution is -0.117. The second-order valence-electron chi connectivity index (χ2n) is 6.24. The predicted octanol–water partition coefficient (Wildman–Crippen LogP) is 1.36. The van der Waals surface area contributed by atoms with Crippen LogP contribution in [0.2, 0.25) is 0 Å². The first-order valence-electron chi connectivity index (χ1n) is 8.34. The number of imidazole rings is 1. The van der Waals surface area contributed by atoms with Gasteiger partial charge in [0.15, 0.2) is 11.5 Å². The van der Waals surface area contributed by atoms with E-state index in [1.54, 1.807) is 18.2 Å². The van der Waals surface area contributed by atoms with Crippen molar-refractivity contribution in [1.29, 1.82) is 0 Å². The quantitative estimate of drug-likeness (QED) is 0.592. The second kappa shape index (κ2) is 5.63. The number of para-hydroxylation sites is 2. The Morgan fingerprint density at radius 3 is 2.78 bits per heavy atom. The Labute approximate surface area is 152 Å². The van der Waals surface area contributed by atoms with E-state index >= 15 is 0 Å². The number of aryl methyl sites for hydroxylation is 1. The minimum atomic E-state index is -0.359. The van der Waals surface area contributed by atoms with Gasteiger partial charge in [-0.3, -0.25) is 4.79 Å². The summed E-state index contributed by atoms with van der Waals surface area (Å²) in [5.74, 6) is 1.33. The molecule has 0 aliphatic carbocycles. The van der Waals surface area contributed by atoms with Gasteiger partial charge in [-0.25, -0.2) is 13.9 Å². The van der Waals surface area contributed by atoms with Crippen molar-refractivity contribution >= 4 is 28.4 Å². The number of benzene rings is 2. The van der Waals surface area contributed by atoms with Gasteiger partial charge >= 0.3 is 5.69 Å². The van der Waals surface area contributed by atoms with Crippen molar-refractivity contribution in [1.82, 2.24) is 18.7 Å². The van der Waals surface area contributed by atoms with Crippen molar-refractivity contribution < 1.29 is 14.3 Å². The lowest BCUT2D eigenvalue weighted by Crippen LogP contribution is -2.28. The zero-order valence-electron chi connectivity index (χ0n) is 14.4. The molecule has 27 heavy (non-hydrogen) atoms. The summed E-state index contributed by atoms with van der Waals surface area (Å²) in [5.41, 5.74) is 1.85. The SMILES string of the molecule is Cn1c2ccccc2n2c(=O)n(CC(=O)Nc3ccc4c(c3)OCO4)nc12. The van der Waals surface area contributed by atoms with Gasteiger partial charge in [0, 0.05) is 18.8 Å². The molecule has 136 valence electrons. The summed E-state index contributed by atoms with van der Waals surface area (Å²) >= 11 is 0. The Balaban J connectivity index is 1.44. The number of fused-ring (bicyclic) bond motifs is 4. The van der Waals surface area contributed by atoms with Crippen LogP contribution in [-0.4, -0.2) is 31.4 Å². The summed E-state index contributed by atoms with van der Waals surface area (Å²) < 4.78 is 15.0. The number of rotatable bonds is 3. The van der Waals surface area contributed by atoms with Crippen molar-refractivity contribution in [3.63, 3.8) is 0 Å². The Hall–Kier alpha value is -3.75. The Morgan fingerprint density at radius 2 is 1.93 bits per heavy atom. The summed E-state index contributed by atoms with van der Waals surface area (Å²) in [6.45, 7) is -0.0272. The van der Waals surface area contributed by atoms with Gasteiger partial charge in [0.1, 0.15) is 6.54 Å². The van der Waals surface area contributed by atoms with Crippen molar-refractivity contribution in [3.05, 3.63) is 52.9 Å². The lowest BCUT2D eigenvalue weighted by atomic mass is 10.3. The highest BCUT2D eigenvalue weighted by Crippen LogP contribution is 2.34. The first-order chi connectivity index (χ1) is 13.1. The van der Waals surface area contributed by atoms with Crippen LogP contribution in [0.3, 0.4) is 0 Å². The third-order valence-electron chi connectivity index (χ3n) is 4.56. The van der Waals surface area contributed by atoms with Gasteiger partial charge in [0.05, 0.1) is 11.0 Å². The molecule has 3 heterocycles. The highest BCUT2D eigenvalue weighted by Gasteiger charge is 2.18. The molecule has 2 aromatic heterocycles. The van der Waals surface area contributed by atoms with Crippen LogP contribution >= 0.6 is 0 Å². The Morgan fingerprint density at radius 1 is 1.15 bits per heavy atom. The number of carbonyl (C=O) groups is 1. The van der Waals surface area contributed by atoms with E-state index in [1.807, 2.05) is 35.9 Å². The fourth-order valence-electron chi connectivity index (χ4n) is 3.28. The standard InChI is InChI=1S/C18H15N5O4/c1-21-12-4-2-3-5-13(12)23-17(21)20-22(18(23)25)9-16(24)19-11-6-7-14-15(8-11)27-10-26-14/h2-8H,9-10H2,1H3,(H,19,24). The van der Waals surface area contributed by atoms with Crippen molar-refractivity contribution in [2.45, 2.75) is 6.54 Å². The maximum absolute atomic E-state index is 12.7. The van der Waals surface area contributed by atoms with E-state index in [0.29, 0.717) is 23.0 Å². The van der Waals surface area contributed by atoms with Crippen molar-refractivity contribution in [3.8, 4) is 11.5 Å². The molecule has 9 heteroatoms. The maximum atomic E-state index is 12.7. The minimum absolute atomic E-state index is 0.164. The van der Waals surface area contributed by atoms with E-state index in [4.69, 9.17) is 9.47 Å². The minimum Gasteiger partial charge on any atom is -0.454 e. The van der Waals surface area contributed by atoms with Gasteiger partial charge in [0.2, 0.25) is 18.5 Å². The maximum Gasteiger partial charge on any atom is 0.352 e. The number of amides is 1. The topological polar surface area (TPSA) is 91.8 Å². The van der Waals surface area contributed by atoms with Crippen LogP contribution in [0, 0.1) is 0 Å². The molecule has 1 amide bonds. The van der Waals surface area contributed by atoms with Crippen LogP contribution in [0.4, 0.5) is 5.69 Å². The summed E-state index contributed by atoms with van der Waals surface area (Å²) in [7, 11) is 1.83. The van der Waals surface area contributed by atoms with E-state index < -0.39 is 0 Å². The third-order valence-corrected chi connectivity index (χ3v) is 4.56. The van der Waals surface area contributed by atoms with Crippen molar-refractivity contribution in [2.24, 2.45) is 7.05 Å². The molecule has 1 aliphatic rings. The summed E-state index contributed by atoms with van der Waals surface area (Å²) in [4.78, 5) is 25.1. The number of carbonyl (C=O) groups excluding carboxylic acids is 1. The number of aromatic nitrogens is 4. The van der Waals surface area contributed by atoms with Gasteiger partial charge in [-0.05, 0) is 24.3 Å². The first-order valence-corrected chi connectivity index (χ1v) is 8.34. The van der Waals surface area contributed by atoms with Gasteiger partial charge in [-0.15, -0.1) is 5.10 Å². The second-order valence-corrected chi connectivity index (χ2v) is 6.24. The molecule has 9 nitrogen and oxygen atoms in total. The average molecular weight is 365 g/mol. The molecule has 0 unspecified atom stereocenters. The molecule has 5 rings (SSSR count). The molecule has 0 saturated heterocycles. The molecule has 1 aliphatic heterocycles. The fourth-order valence-corrected chi connectivity index (χ4v) is 3.28. The molecular formula is C18H15N5O4. The van der Waals surface area contributed by atoms with Crippen LogP contribution in [-0.2, 0) is 18.4 Å². The number of ether oxygens (including phenoxy) is 2. The summed E-state index contributed by atoms with van der Waals surface area (Å²) in [5, 5.41) is 7.06. The predicted molar refractivity (Wildman–Crippen MR) is 97.1 cm³/mol. The molecule has 0 radical (unpaired) electrons. The number of hydrogen-bond acceptors (Lipinski definition) is 5. The number of nitrogens with zero attached hydrogens (tertiary/aromatic N) is 4. The molecule has 2 aromatic carbocycles. The van der Waals surface area contributed by atoms with Crippen LogP contribution in [0.5, 0.6) is 11.5 Å². The zero-order chi connectivity index (χ0) is 18.5. The van der Waals surface area contributed by atoms with E-state index in [2.05, 4.69) is 10.4 Å². The average Bonchev–Trinajstić information content (AvgIpc) is 3.32. The monoisotopic (exact) mass is 365 g/mol. The van der Waals surface area contributed by atoms with E-state index in [1.165, 1.54) is 4.40 Å². The van der Waals surface area contributed by atoms with Gasteiger partial charge in [-0.1, -0.05) is 12.1 Å². The Bertz CT molecular complexity index is 1270. The van der Waals surface area contributed by atoms with Gasteiger partial charge in [-0.2, -0.15) is 0 Å². The van der Waals surface area contributed by atoms with E-state index in [0.717, 1.165) is 15.7 Å². The molecule has 0 bridgehead atoms. The lowest BCUT2D eigenvalue weighted by Gasteiger charge is -2.05. The van der Waals surface area contributed by atoms with Gasteiger partial charge < -0.3 is 19.4 Å². The summed E-state index contributed by atoms with van der Waals surface area (Å²) in [6.07, 6.45) is 0. The molecule has 0 atom stereocenters. The number of anilines is 1. The number of nitrogens with one attached hydrogen (secondary N) is 1. The Kier molecular flexibility index (Phi) is 3.23. The van der Waals surface area contributed by atoms with Gasteiger partial charge in [0.25, 0.3) is 0 Å². The van der Waals surface area contributed by atoms with Crippen LogP contribution in [0.15, 0.2) is 47.3 Å². The smallest absolute Gasteiger partial charge is 0.352 e. The van der Waals surface area contributed by atoms with E-state index in [9.17, 15) is 9.59 Å². The summed E-state index contributed by atoms with van der Waals surface area (Å²) in [6, 6.07) is 12.6. The third kappa shape index (κ3) is 2.35. The van der Waals surface area contributed by atoms with E-state index in [-0.39, 0.29) is 24.9 Å². The number of hydrogen-bond donors (Lipinski definition) is 1. The molecule has 4 aromatic rings. The molecule has 0 saturated carbocycles. The van der Waals surface area contributed by atoms with Crippen molar-refractivity contribution in [2.75, 3.05) is 12.1 Å². The zero-order valence-corrected chi connectivity index (χ0v) is 14.4. The highest BCUT2D eigenvalue weighted by atomic mass is 16.7. The van der Waals surface area contributed by atoms with Crippen LogP contribution in [0.1, 0.15) is 0 Å². The first kappa shape index (κ1) is 15.5. The van der Waals surface area contributed by atoms with Crippen LogP contribution in [0.25, 0.3) is 16.8 Å².